The zero-order valence-corrected chi connectivity index (χ0v) is 34.6. The van der Waals surface area contributed by atoms with E-state index in [2.05, 4.69) is 24.6 Å². The molecule has 0 radical (unpaired) electrons. The quantitative estimate of drug-likeness (QED) is 0.227. The Bertz CT molecular complexity index is 2130. The molecule has 3 aromatic rings. The lowest BCUT2D eigenvalue weighted by Gasteiger charge is -2.39. The van der Waals surface area contributed by atoms with Crippen molar-refractivity contribution < 1.29 is 35.8 Å². The fraction of sp³-hybridized carbons (Fsp3) is 0.541. The van der Waals surface area contributed by atoms with E-state index in [1.807, 2.05) is 53.7 Å². The SMILES string of the molecule is COc1c(NC(=O)C2(OC)C(NS(C)(=O)=O)c3cc(C(C)(C)C)cc(Oc4ccnc(CN5CCCC5)n4)c3N2C)cc(C(C)(C)C)cc1NS(C)(=O)=O. The van der Waals surface area contributed by atoms with Crippen molar-refractivity contribution in [1.29, 1.82) is 0 Å². The normalized spacial score (nSPS) is 19.5. The summed E-state index contributed by atoms with van der Waals surface area (Å²) in [5, 5.41) is 2.90. The molecule has 1 aromatic heterocycles. The zero-order chi connectivity index (χ0) is 40.0. The van der Waals surface area contributed by atoms with E-state index in [1.165, 1.54) is 14.2 Å². The van der Waals surface area contributed by atoms with Crippen LogP contribution in [0.4, 0.5) is 17.1 Å². The molecule has 3 N–H and O–H groups in total. The summed E-state index contributed by atoms with van der Waals surface area (Å²) in [6.45, 7) is 14.4. The van der Waals surface area contributed by atoms with Crippen LogP contribution < -0.4 is 29.1 Å². The maximum atomic E-state index is 15.0. The summed E-state index contributed by atoms with van der Waals surface area (Å²) in [7, 11) is -3.43. The number of likely N-dealkylation sites (tertiary alicyclic amines) is 1. The van der Waals surface area contributed by atoms with Gasteiger partial charge < -0.3 is 24.4 Å². The third kappa shape index (κ3) is 8.75. The van der Waals surface area contributed by atoms with Crippen molar-refractivity contribution in [2.75, 3.05) is 61.8 Å². The molecular formula is C37H53N7O8S2. The van der Waals surface area contributed by atoms with Crippen molar-refractivity contribution in [3.05, 3.63) is 59.0 Å². The van der Waals surface area contributed by atoms with Crippen LogP contribution in [0.15, 0.2) is 36.5 Å². The number of carbonyl (C=O) groups is 1. The number of benzene rings is 2. The summed E-state index contributed by atoms with van der Waals surface area (Å²) >= 11 is 0. The maximum Gasteiger partial charge on any atom is 0.280 e. The van der Waals surface area contributed by atoms with Gasteiger partial charge in [-0.05, 0) is 66.1 Å². The van der Waals surface area contributed by atoms with Crippen molar-refractivity contribution in [1.82, 2.24) is 19.6 Å². The lowest BCUT2D eigenvalue weighted by atomic mass is 9.84. The van der Waals surface area contributed by atoms with Crippen molar-refractivity contribution in [2.24, 2.45) is 0 Å². The number of likely N-dealkylation sites (N-methyl/N-ethyl adjacent to an activating group) is 1. The largest absolute Gasteiger partial charge is 0.492 e. The molecular weight excluding hydrogens is 735 g/mol. The van der Waals surface area contributed by atoms with Crippen LogP contribution >= 0.6 is 0 Å². The molecule has 0 spiro atoms. The number of amides is 1. The van der Waals surface area contributed by atoms with Gasteiger partial charge in [-0.15, -0.1) is 0 Å². The Morgan fingerprint density at radius 2 is 1.54 bits per heavy atom. The minimum absolute atomic E-state index is 0.0475. The Morgan fingerprint density at radius 1 is 0.926 bits per heavy atom. The van der Waals surface area contributed by atoms with Crippen LogP contribution in [0.3, 0.4) is 0 Å². The van der Waals surface area contributed by atoms with Gasteiger partial charge >= 0.3 is 0 Å². The molecule has 5 rings (SSSR count). The predicted molar refractivity (Wildman–Crippen MR) is 209 cm³/mol. The molecule has 0 bridgehead atoms. The number of aromatic nitrogens is 2. The smallest absolute Gasteiger partial charge is 0.280 e. The second-order valence-electron chi connectivity index (χ2n) is 16.0. The highest BCUT2D eigenvalue weighted by Gasteiger charge is 2.59. The van der Waals surface area contributed by atoms with E-state index in [-0.39, 0.29) is 23.0 Å². The summed E-state index contributed by atoms with van der Waals surface area (Å²) in [6.07, 6.45) is 5.91. The lowest BCUT2D eigenvalue weighted by Crippen LogP contribution is -2.61. The van der Waals surface area contributed by atoms with Gasteiger partial charge in [-0.25, -0.2) is 26.5 Å². The van der Waals surface area contributed by atoms with E-state index in [9.17, 15) is 21.6 Å². The van der Waals surface area contributed by atoms with Gasteiger partial charge in [-0.2, -0.15) is 4.98 Å². The first kappa shape index (κ1) is 41.1. The van der Waals surface area contributed by atoms with Gasteiger partial charge in [0, 0.05) is 32.0 Å². The number of nitrogens with zero attached hydrogens (tertiary/aromatic N) is 4. The fourth-order valence-electron chi connectivity index (χ4n) is 6.91. The van der Waals surface area contributed by atoms with Gasteiger partial charge in [0.2, 0.25) is 31.7 Å². The highest BCUT2D eigenvalue weighted by Crippen LogP contribution is 2.53. The van der Waals surface area contributed by atoms with E-state index in [0.717, 1.165) is 44.0 Å². The second kappa shape index (κ2) is 14.9. The topological polar surface area (TPSA) is 181 Å². The third-order valence-corrected chi connectivity index (χ3v) is 10.9. The number of carbonyl (C=O) groups excluding carboxylic acids is 1. The number of anilines is 3. The van der Waals surface area contributed by atoms with Gasteiger partial charge in [0.05, 0.1) is 43.2 Å². The van der Waals surface area contributed by atoms with Crippen molar-refractivity contribution in [2.45, 2.75) is 83.5 Å². The monoisotopic (exact) mass is 787 g/mol. The van der Waals surface area contributed by atoms with Crippen LogP contribution in [-0.2, 0) is 47.0 Å². The number of sulfonamides is 2. The predicted octanol–water partition coefficient (Wildman–Crippen LogP) is 4.86. The second-order valence-corrected chi connectivity index (χ2v) is 19.6. The van der Waals surface area contributed by atoms with Crippen LogP contribution in [0.5, 0.6) is 17.4 Å². The highest BCUT2D eigenvalue weighted by molar-refractivity contribution is 7.92. The molecule has 2 aliphatic rings. The van der Waals surface area contributed by atoms with E-state index in [4.69, 9.17) is 19.2 Å². The number of hydrogen-bond donors (Lipinski definition) is 3. The minimum atomic E-state index is -3.97. The Morgan fingerprint density at radius 3 is 2.09 bits per heavy atom. The van der Waals surface area contributed by atoms with E-state index in [0.29, 0.717) is 34.9 Å². The number of hydrogen-bond acceptors (Lipinski definition) is 12. The lowest BCUT2D eigenvalue weighted by molar-refractivity contribution is -0.139. The van der Waals surface area contributed by atoms with Crippen LogP contribution in [0, 0.1) is 0 Å². The van der Waals surface area contributed by atoms with Gasteiger partial charge in [0.1, 0.15) is 11.9 Å². The molecule has 2 aromatic carbocycles. The van der Waals surface area contributed by atoms with E-state index < -0.39 is 48.6 Å². The highest BCUT2D eigenvalue weighted by atomic mass is 32.2. The Labute approximate surface area is 319 Å². The summed E-state index contributed by atoms with van der Waals surface area (Å²) in [5.41, 5.74) is -0.383. The first-order valence-electron chi connectivity index (χ1n) is 17.7. The molecule has 3 heterocycles. The maximum absolute atomic E-state index is 15.0. The van der Waals surface area contributed by atoms with E-state index >= 15 is 0 Å². The minimum Gasteiger partial charge on any atom is -0.492 e. The summed E-state index contributed by atoms with van der Waals surface area (Å²) in [5.74, 6) is 0.487. The molecule has 17 heteroatoms. The summed E-state index contributed by atoms with van der Waals surface area (Å²) < 4.78 is 74.5. The van der Waals surface area contributed by atoms with Gasteiger partial charge in [-0.1, -0.05) is 47.6 Å². The molecule has 1 saturated heterocycles. The van der Waals surface area contributed by atoms with Crippen molar-refractivity contribution >= 4 is 43.0 Å². The Balaban J connectivity index is 1.67. The van der Waals surface area contributed by atoms with Gasteiger partial charge in [0.15, 0.2) is 11.5 Å². The van der Waals surface area contributed by atoms with Crippen LogP contribution in [0.2, 0.25) is 0 Å². The molecule has 0 saturated carbocycles. The number of rotatable bonds is 12. The molecule has 296 valence electrons. The standard InChI is InChI=1S/C37H53N7O8S2/c1-35(2,3)23-18-25-31(28(21-23)52-30-14-15-38-29(40-30)22-44-16-12-13-17-44)43(7)37(51-9,33(25)42-54(11,48)49)34(45)39-26-19-24(36(4,5)6)20-27(32(26)50-8)41-53(10,46)47/h14-15,18-21,33,41-42H,12-13,16-17,22H2,1-11H3,(H,39,45). The first-order chi connectivity index (χ1) is 25.0. The number of ether oxygens (including phenoxy) is 3. The molecule has 15 nitrogen and oxygen atoms in total. The molecule has 1 fully saturated rings. The third-order valence-electron chi connectivity index (χ3n) is 9.64. The van der Waals surface area contributed by atoms with Crippen molar-refractivity contribution in [3.63, 3.8) is 0 Å². The summed E-state index contributed by atoms with van der Waals surface area (Å²) in [6, 6.07) is 7.41. The molecule has 2 unspecified atom stereocenters. The average molecular weight is 788 g/mol. The Hall–Kier alpha value is -4.03. The van der Waals surface area contributed by atoms with Crippen LogP contribution in [0.1, 0.15) is 82.9 Å². The average Bonchev–Trinajstić information content (AvgIpc) is 3.63. The molecule has 54 heavy (non-hydrogen) atoms. The zero-order valence-electron chi connectivity index (χ0n) is 32.9. The van der Waals surface area contributed by atoms with Crippen LogP contribution in [-0.4, -0.2) is 90.2 Å². The van der Waals surface area contributed by atoms with E-state index in [1.54, 1.807) is 36.3 Å². The summed E-state index contributed by atoms with van der Waals surface area (Å²) in [4.78, 5) is 27.9. The van der Waals surface area contributed by atoms with Gasteiger partial charge in [-0.3, -0.25) is 14.4 Å². The molecule has 2 atom stereocenters. The van der Waals surface area contributed by atoms with Crippen molar-refractivity contribution in [3.8, 4) is 17.4 Å². The Kier molecular flexibility index (Phi) is 11.4. The van der Waals surface area contributed by atoms with Gasteiger partial charge in [0.25, 0.3) is 5.91 Å². The number of nitrogens with one attached hydrogen (secondary N) is 3. The first-order valence-corrected chi connectivity index (χ1v) is 21.4. The fourth-order valence-corrected chi connectivity index (χ4v) is 8.17. The molecule has 1 amide bonds. The molecule has 0 aliphatic carbocycles. The number of methoxy groups -OCH3 is 2. The molecule has 2 aliphatic heterocycles. The number of fused-ring (bicyclic) bond motifs is 1. The van der Waals surface area contributed by atoms with Crippen LogP contribution in [0.25, 0.3) is 0 Å².